The van der Waals surface area contributed by atoms with Crippen LogP contribution in [0.2, 0.25) is 0 Å². The molecule has 1 amide bonds. The Hall–Kier alpha value is -2.82. The van der Waals surface area contributed by atoms with E-state index in [9.17, 15) is 4.79 Å². The molecule has 1 saturated heterocycles. The Morgan fingerprint density at radius 2 is 1.81 bits per heavy atom. The van der Waals surface area contributed by atoms with E-state index in [-0.39, 0.29) is 12.0 Å². The highest BCUT2D eigenvalue weighted by Gasteiger charge is 2.31. The molecule has 5 heteroatoms. The third kappa shape index (κ3) is 3.43. The Bertz CT molecular complexity index is 811. The average molecular weight is 349 g/mol. The smallest absolute Gasteiger partial charge is 0.271 e. The van der Waals surface area contributed by atoms with Crippen molar-refractivity contribution in [1.82, 2.24) is 4.90 Å². The van der Waals surface area contributed by atoms with Gasteiger partial charge in [0, 0.05) is 38.3 Å². The second kappa shape index (κ2) is 7.20. The molecule has 2 aliphatic heterocycles. The normalized spacial score (nSPS) is 19.9. The van der Waals surface area contributed by atoms with Gasteiger partial charge in [-0.1, -0.05) is 47.6 Å². The summed E-state index contributed by atoms with van der Waals surface area (Å²) in [6.07, 6.45) is 0.393. The quantitative estimate of drug-likeness (QED) is 0.855. The maximum absolute atomic E-state index is 12.8. The van der Waals surface area contributed by atoms with Crippen molar-refractivity contribution in [3.05, 3.63) is 65.7 Å². The van der Waals surface area contributed by atoms with Crippen LogP contribution in [0, 0.1) is 6.92 Å². The maximum Gasteiger partial charge on any atom is 0.271 e. The predicted molar refractivity (Wildman–Crippen MR) is 102 cm³/mol. The summed E-state index contributed by atoms with van der Waals surface area (Å²) in [6.45, 7) is 5.20. The molecule has 1 unspecified atom stereocenters. The molecule has 0 aliphatic carbocycles. The van der Waals surface area contributed by atoms with Crippen LogP contribution in [-0.2, 0) is 9.63 Å². The SMILES string of the molecule is Cc1cccc(N2CCN(C(=O)C3=NOC(c4ccccc4)C3)CC2)c1. The minimum atomic E-state index is -0.149. The van der Waals surface area contributed by atoms with E-state index in [4.69, 9.17) is 4.84 Å². The number of carbonyl (C=O) groups is 1. The van der Waals surface area contributed by atoms with Crippen LogP contribution < -0.4 is 4.90 Å². The van der Waals surface area contributed by atoms with Gasteiger partial charge >= 0.3 is 0 Å². The van der Waals surface area contributed by atoms with Crippen LogP contribution in [0.3, 0.4) is 0 Å². The molecule has 0 radical (unpaired) electrons. The molecule has 1 atom stereocenters. The number of hydrogen-bond donors (Lipinski definition) is 0. The van der Waals surface area contributed by atoms with Gasteiger partial charge in [0.05, 0.1) is 0 Å². The lowest BCUT2D eigenvalue weighted by Gasteiger charge is -2.36. The van der Waals surface area contributed by atoms with Crippen molar-refractivity contribution in [2.24, 2.45) is 5.16 Å². The zero-order valence-electron chi connectivity index (χ0n) is 15.0. The van der Waals surface area contributed by atoms with Gasteiger partial charge in [0.1, 0.15) is 5.71 Å². The van der Waals surface area contributed by atoms with Crippen LogP contribution in [0.25, 0.3) is 0 Å². The van der Waals surface area contributed by atoms with Crippen molar-refractivity contribution >= 4 is 17.3 Å². The first-order chi connectivity index (χ1) is 12.7. The molecular formula is C21H23N3O2. The molecule has 2 aliphatic rings. The van der Waals surface area contributed by atoms with E-state index >= 15 is 0 Å². The van der Waals surface area contributed by atoms with E-state index in [0.717, 1.165) is 18.7 Å². The number of rotatable bonds is 3. The van der Waals surface area contributed by atoms with Crippen molar-refractivity contribution in [3.8, 4) is 0 Å². The second-order valence-electron chi connectivity index (χ2n) is 6.87. The van der Waals surface area contributed by atoms with Gasteiger partial charge in [0.15, 0.2) is 6.10 Å². The van der Waals surface area contributed by atoms with E-state index < -0.39 is 0 Å². The van der Waals surface area contributed by atoms with Gasteiger partial charge < -0.3 is 14.6 Å². The monoisotopic (exact) mass is 349 g/mol. The number of amides is 1. The third-order valence-electron chi connectivity index (χ3n) is 5.02. The van der Waals surface area contributed by atoms with Gasteiger partial charge in [0.2, 0.25) is 0 Å². The molecule has 1 fully saturated rings. The summed E-state index contributed by atoms with van der Waals surface area (Å²) in [5.74, 6) is 0.00678. The van der Waals surface area contributed by atoms with Crippen LogP contribution in [0.15, 0.2) is 59.8 Å². The first-order valence-corrected chi connectivity index (χ1v) is 9.09. The lowest BCUT2D eigenvalue weighted by atomic mass is 10.0. The zero-order chi connectivity index (χ0) is 17.9. The molecule has 0 N–H and O–H groups in total. The van der Waals surface area contributed by atoms with E-state index in [0.29, 0.717) is 25.2 Å². The Balaban J connectivity index is 1.34. The third-order valence-corrected chi connectivity index (χ3v) is 5.02. The fraction of sp³-hybridized carbons (Fsp3) is 0.333. The number of anilines is 1. The fourth-order valence-electron chi connectivity index (χ4n) is 3.53. The molecule has 134 valence electrons. The second-order valence-corrected chi connectivity index (χ2v) is 6.87. The molecule has 0 aromatic heterocycles. The lowest BCUT2D eigenvalue weighted by molar-refractivity contribution is -0.124. The summed E-state index contributed by atoms with van der Waals surface area (Å²) in [6, 6.07) is 18.4. The predicted octanol–water partition coefficient (Wildman–Crippen LogP) is 3.16. The summed E-state index contributed by atoms with van der Waals surface area (Å²) in [7, 11) is 0. The molecule has 5 nitrogen and oxygen atoms in total. The van der Waals surface area contributed by atoms with Crippen LogP contribution in [-0.4, -0.2) is 42.7 Å². The fourth-order valence-corrected chi connectivity index (χ4v) is 3.53. The highest BCUT2D eigenvalue weighted by molar-refractivity contribution is 6.39. The van der Waals surface area contributed by atoms with Gasteiger partial charge in [-0.05, 0) is 30.2 Å². The Morgan fingerprint density at radius 1 is 1.04 bits per heavy atom. The van der Waals surface area contributed by atoms with Crippen molar-refractivity contribution in [1.29, 1.82) is 0 Å². The van der Waals surface area contributed by atoms with Crippen LogP contribution in [0.1, 0.15) is 23.7 Å². The molecule has 4 rings (SSSR count). The summed E-state index contributed by atoms with van der Waals surface area (Å²) in [5, 5.41) is 4.07. The lowest BCUT2D eigenvalue weighted by Crippen LogP contribution is -2.50. The standard InChI is InChI=1S/C21H23N3O2/c1-16-6-5-9-18(14-16)23-10-12-24(13-11-23)21(25)19-15-20(26-22-19)17-7-3-2-4-8-17/h2-9,14,20H,10-13,15H2,1H3. The minimum absolute atomic E-state index is 0.00678. The topological polar surface area (TPSA) is 45.1 Å². The highest BCUT2D eigenvalue weighted by atomic mass is 16.6. The maximum atomic E-state index is 12.8. The van der Waals surface area contributed by atoms with Crippen molar-refractivity contribution in [3.63, 3.8) is 0 Å². The largest absolute Gasteiger partial charge is 0.387 e. The number of carbonyl (C=O) groups excluding carboxylic acids is 1. The number of piperazine rings is 1. The number of nitrogens with zero attached hydrogens (tertiary/aromatic N) is 3. The minimum Gasteiger partial charge on any atom is -0.387 e. The molecule has 0 saturated carbocycles. The summed E-state index contributed by atoms with van der Waals surface area (Å²) >= 11 is 0. The summed E-state index contributed by atoms with van der Waals surface area (Å²) in [4.78, 5) is 22.5. The Labute approximate surface area is 153 Å². The van der Waals surface area contributed by atoms with E-state index in [1.165, 1.54) is 11.3 Å². The van der Waals surface area contributed by atoms with Gasteiger partial charge in [-0.15, -0.1) is 0 Å². The number of oxime groups is 1. The summed E-state index contributed by atoms with van der Waals surface area (Å²) < 4.78 is 0. The zero-order valence-corrected chi connectivity index (χ0v) is 15.0. The highest BCUT2D eigenvalue weighted by Crippen LogP contribution is 2.28. The van der Waals surface area contributed by atoms with Crippen molar-refractivity contribution < 1.29 is 9.63 Å². The number of hydrogen-bond acceptors (Lipinski definition) is 4. The number of benzene rings is 2. The molecule has 0 bridgehead atoms. The molecule has 2 aromatic carbocycles. The van der Waals surface area contributed by atoms with E-state index in [1.807, 2.05) is 35.2 Å². The average Bonchev–Trinajstić information content (AvgIpc) is 3.18. The van der Waals surface area contributed by atoms with E-state index in [2.05, 4.69) is 41.2 Å². The Morgan fingerprint density at radius 3 is 2.54 bits per heavy atom. The van der Waals surface area contributed by atoms with Gasteiger partial charge in [0.25, 0.3) is 5.91 Å². The van der Waals surface area contributed by atoms with Gasteiger partial charge in [-0.2, -0.15) is 0 Å². The van der Waals surface area contributed by atoms with Crippen LogP contribution >= 0.6 is 0 Å². The van der Waals surface area contributed by atoms with Gasteiger partial charge in [-0.25, -0.2) is 0 Å². The first kappa shape index (κ1) is 16.6. The van der Waals surface area contributed by atoms with Crippen LogP contribution in [0.5, 0.6) is 0 Å². The first-order valence-electron chi connectivity index (χ1n) is 9.09. The molecule has 0 spiro atoms. The van der Waals surface area contributed by atoms with E-state index in [1.54, 1.807) is 0 Å². The molecular weight excluding hydrogens is 326 g/mol. The molecule has 2 heterocycles. The van der Waals surface area contributed by atoms with Crippen molar-refractivity contribution in [2.75, 3.05) is 31.1 Å². The van der Waals surface area contributed by atoms with Gasteiger partial charge in [-0.3, -0.25) is 4.79 Å². The molecule has 26 heavy (non-hydrogen) atoms. The molecule has 2 aromatic rings. The van der Waals surface area contributed by atoms with Crippen molar-refractivity contribution in [2.45, 2.75) is 19.4 Å². The number of aryl methyl sites for hydroxylation is 1. The Kier molecular flexibility index (Phi) is 4.61. The summed E-state index contributed by atoms with van der Waals surface area (Å²) in [5.41, 5.74) is 4.07. The van der Waals surface area contributed by atoms with Crippen LogP contribution in [0.4, 0.5) is 5.69 Å².